The number of aliphatic hydroxyl groups is 1. The third kappa shape index (κ3) is 7.95. The van der Waals surface area contributed by atoms with E-state index in [-0.39, 0.29) is 18.0 Å². The first-order valence-corrected chi connectivity index (χ1v) is 16.8. The van der Waals surface area contributed by atoms with Gasteiger partial charge in [-0.15, -0.1) is 0 Å². The zero-order valence-corrected chi connectivity index (χ0v) is 26.6. The number of carbonyl (C=O) groups excluding carboxylic acids is 2. The third-order valence-electron chi connectivity index (χ3n) is 10.1. The molecular weight excluding hydrogens is 536 g/mol. The van der Waals surface area contributed by atoms with Crippen LogP contribution in [0.25, 0.3) is 0 Å². The maximum Gasteiger partial charge on any atom is 0.318 e. The molecule has 3 aliphatic heterocycles. The molecule has 4 fully saturated rings. The van der Waals surface area contributed by atoms with Gasteiger partial charge in [-0.1, -0.05) is 49.7 Å². The van der Waals surface area contributed by atoms with Gasteiger partial charge >= 0.3 is 6.03 Å². The van der Waals surface area contributed by atoms with Crippen LogP contribution in [0, 0.1) is 17.8 Å². The van der Waals surface area contributed by atoms with Crippen LogP contribution in [0.2, 0.25) is 0 Å². The lowest BCUT2D eigenvalue weighted by molar-refractivity contribution is -0.143. The maximum absolute atomic E-state index is 13.6. The summed E-state index contributed by atoms with van der Waals surface area (Å²) in [5.74, 6) is 6.79. The highest BCUT2D eigenvalue weighted by atomic mass is 16.3. The minimum Gasteiger partial charge on any atom is -0.378 e. The second-order valence-corrected chi connectivity index (χ2v) is 13.7. The summed E-state index contributed by atoms with van der Waals surface area (Å²) >= 11 is 0. The second-order valence-electron chi connectivity index (χ2n) is 13.7. The van der Waals surface area contributed by atoms with Crippen molar-refractivity contribution < 1.29 is 14.7 Å². The molecule has 1 saturated carbocycles. The van der Waals surface area contributed by atoms with Crippen molar-refractivity contribution in [2.45, 2.75) is 122 Å². The van der Waals surface area contributed by atoms with Gasteiger partial charge in [-0.3, -0.25) is 4.79 Å². The summed E-state index contributed by atoms with van der Waals surface area (Å²) in [4.78, 5) is 33.1. The molecule has 1 aromatic rings. The number of nitrogens with zero attached hydrogens (tertiary/aromatic N) is 3. The Kier molecular flexibility index (Phi) is 10.4. The van der Waals surface area contributed by atoms with Crippen molar-refractivity contribution >= 4 is 17.6 Å². The summed E-state index contributed by atoms with van der Waals surface area (Å²) in [6.45, 7) is 9.62. The standard InChI is InChI=1S/C36H52N4O3/c1-27(2)16-23-39(30-13-11-29(12-14-30)15-20-36(43)18-7-6-8-19-36)31-17-24-40-33(26-31)28(3)25-32(34(40)41)37-35(42)38-21-9-4-5-10-22-38/h11-14,16,28,31-33,43H,4-10,17-19,21-26H2,1-3H3,(H,37,42)/t28?,31?,32-,33?/m1/s1. The van der Waals surface area contributed by atoms with Crippen molar-refractivity contribution in [1.29, 1.82) is 0 Å². The molecule has 43 heavy (non-hydrogen) atoms. The second kappa shape index (κ2) is 14.2. The predicted octanol–water partition coefficient (Wildman–Crippen LogP) is 5.86. The van der Waals surface area contributed by atoms with Gasteiger partial charge in [-0.05, 0) is 102 Å². The van der Waals surface area contributed by atoms with Gasteiger partial charge in [0.1, 0.15) is 11.6 Å². The van der Waals surface area contributed by atoms with E-state index in [0.717, 1.165) is 82.3 Å². The van der Waals surface area contributed by atoms with E-state index in [0.29, 0.717) is 24.9 Å². The molecule has 1 aliphatic carbocycles. The number of hydrogen-bond acceptors (Lipinski definition) is 4. The Morgan fingerprint density at radius 1 is 1.02 bits per heavy atom. The number of likely N-dealkylation sites (tertiary alicyclic amines) is 1. The molecule has 3 amide bonds. The lowest BCUT2D eigenvalue weighted by Gasteiger charge is -2.50. The van der Waals surface area contributed by atoms with Crippen LogP contribution in [0.15, 0.2) is 35.9 Å². The first-order valence-electron chi connectivity index (χ1n) is 16.8. The van der Waals surface area contributed by atoms with Gasteiger partial charge in [-0.25, -0.2) is 4.79 Å². The number of carbonyl (C=O) groups is 2. The van der Waals surface area contributed by atoms with Crippen LogP contribution < -0.4 is 10.2 Å². The molecule has 3 saturated heterocycles. The first-order chi connectivity index (χ1) is 20.7. The number of urea groups is 1. The van der Waals surface area contributed by atoms with Crippen LogP contribution in [0.5, 0.6) is 0 Å². The summed E-state index contributed by atoms with van der Waals surface area (Å²) in [6.07, 6.45) is 14.0. The number of nitrogens with one attached hydrogen (secondary N) is 1. The third-order valence-corrected chi connectivity index (χ3v) is 10.1. The van der Waals surface area contributed by atoms with Gasteiger partial charge in [0.15, 0.2) is 0 Å². The molecule has 4 aliphatic rings. The monoisotopic (exact) mass is 588 g/mol. The Balaban J connectivity index is 1.25. The van der Waals surface area contributed by atoms with Crippen molar-refractivity contribution in [2.24, 2.45) is 5.92 Å². The minimum atomic E-state index is -0.844. The number of amides is 3. The zero-order valence-electron chi connectivity index (χ0n) is 26.6. The van der Waals surface area contributed by atoms with Crippen LogP contribution in [-0.2, 0) is 4.79 Å². The Labute approximate surface area is 259 Å². The fourth-order valence-electron chi connectivity index (χ4n) is 7.47. The normalized spacial score (nSPS) is 27.2. The highest BCUT2D eigenvalue weighted by molar-refractivity contribution is 5.88. The number of anilines is 1. The van der Waals surface area contributed by atoms with Crippen LogP contribution in [-0.4, -0.2) is 76.8 Å². The average molecular weight is 589 g/mol. The highest BCUT2D eigenvalue weighted by Crippen LogP contribution is 2.35. The maximum atomic E-state index is 13.6. The number of hydrogen-bond donors (Lipinski definition) is 2. The molecule has 0 radical (unpaired) electrons. The van der Waals surface area contributed by atoms with Gasteiger partial charge < -0.3 is 25.1 Å². The Morgan fingerprint density at radius 3 is 2.37 bits per heavy atom. The Bertz CT molecular complexity index is 1200. The van der Waals surface area contributed by atoms with Crippen LogP contribution in [0.3, 0.4) is 0 Å². The lowest BCUT2D eigenvalue weighted by atomic mass is 9.80. The fraction of sp³-hybridized carbons (Fsp3) is 0.667. The van der Waals surface area contributed by atoms with Crippen molar-refractivity contribution in [2.75, 3.05) is 31.1 Å². The van der Waals surface area contributed by atoms with Gasteiger partial charge in [0.05, 0.1) is 0 Å². The average Bonchev–Trinajstić information content (AvgIpc) is 3.30. The number of fused-ring (bicyclic) bond motifs is 1. The molecular formula is C36H52N4O3. The van der Waals surface area contributed by atoms with E-state index in [9.17, 15) is 14.7 Å². The minimum absolute atomic E-state index is 0.0743. The van der Waals surface area contributed by atoms with E-state index in [1.165, 1.54) is 24.8 Å². The summed E-state index contributed by atoms with van der Waals surface area (Å²) in [7, 11) is 0. The molecule has 3 heterocycles. The van der Waals surface area contributed by atoms with Gasteiger partial charge in [-0.2, -0.15) is 0 Å². The molecule has 3 unspecified atom stereocenters. The number of benzene rings is 1. The summed E-state index contributed by atoms with van der Waals surface area (Å²) in [5, 5.41) is 13.9. The van der Waals surface area contributed by atoms with E-state index in [1.807, 2.05) is 4.90 Å². The van der Waals surface area contributed by atoms with E-state index < -0.39 is 11.6 Å². The van der Waals surface area contributed by atoms with E-state index in [2.05, 4.69) is 78.1 Å². The highest BCUT2D eigenvalue weighted by Gasteiger charge is 2.44. The van der Waals surface area contributed by atoms with Crippen LogP contribution >= 0.6 is 0 Å². The van der Waals surface area contributed by atoms with Crippen molar-refractivity contribution in [3.8, 4) is 11.8 Å². The summed E-state index contributed by atoms with van der Waals surface area (Å²) < 4.78 is 0. The van der Waals surface area contributed by atoms with Gasteiger partial charge in [0, 0.05) is 49.5 Å². The zero-order chi connectivity index (χ0) is 30.4. The van der Waals surface area contributed by atoms with Crippen molar-refractivity contribution in [3.05, 3.63) is 41.5 Å². The quantitative estimate of drug-likeness (QED) is 0.334. The Hall–Kier alpha value is -2.98. The molecule has 4 atom stereocenters. The van der Waals surface area contributed by atoms with Crippen LogP contribution in [0.4, 0.5) is 10.5 Å². The van der Waals surface area contributed by atoms with E-state index >= 15 is 0 Å². The Morgan fingerprint density at radius 2 is 1.70 bits per heavy atom. The first kappa shape index (κ1) is 31.4. The summed E-state index contributed by atoms with van der Waals surface area (Å²) in [5.41, 5.74) is 2.54. The van der Waals surface area contributed by atoms with Crippen molar-refractivity contribution in [3.63, 3.8) is 0 Å². The molecule has 0 bridgehead atoms. The molecule has 0 aromatic heterocycles. The largest absolute Gasteiger partial charge is 0.378 e. The molecule has 1 aromatic carbocycles. The topological polar surface area (TPSA) is 76.1 Å². The molecule has 2 N–H and O–H groups in total. The SMILES string of the molecule is CC(C)=CCN(c1ccc(C#CC2(O)CCCCC2)cc1)C1CCN2C(=O)[C@H](NC(=O)N3CCCCCC3)CC(C)C2C1. The lowest BCUT2D eigenvalue weighted by Crippen LogP contribution is -2.63. The number of piperidine rings is 2. The summed E-state index contributed by atoms with van der Waals surface area (Å²) in [6, 6.07) is 8.44. The van der Waals surface area contributed by atoms with Crippen molar-refractivity contribution in [1.82, 2.24) is 15.1 Å². The fourth-order valence-corrected chi connectivity index (χ4v) is 7.47. The molecule has 7 nitrogen and oxygen atoms in total. The van der Waals surface area contributed by atoms with E-state index in [4.69, 9.17) is 0 Å². The molecule has 0 spiro atoms. The molecule has 7 heteroatoms. The number of allylic oxidation sites excluding steroid dienone is 1. The van der Waals surface area contributed by atoms with E-state index in [1.54, 1.807) is 0 Å². The predicted molar refractivity (Wildman–Crippen MR) is 173 cm³/mol. The van der Waals surface area contributed by atoms with Gasteiger partial charge in [0.2, 0.25) is 5.91 Å². The smallest absolute Gasteiger partial charge is 0.318 e. The molecule has 234 valence electrons. The number of rotatable bonds is 5. The van der Waals surface area contributed by atoms with Gasteiger partial charge in [0.25, 0.3) is 0 Å². The molecule has 5 rings (SSSR count). The van der Waals surface area contributed by atoms with Crippen LogP contribution in [0.1, 0.15) is 103 Å².